The van der Waals surface area contributed by atoms with E-state index >= 15 is 0 Å². The van der Waals surface area contributed by atoms with E-state index in [1.807, 2.05) is 60.8 Å². The van der Waals surface area contributed by atoms with Crippen LogP contribution >= 0.6 is 27.7 Å². The summed E-state index contributed by atoms with van der Waals surface area (Å²) in [6.45, 7) is 0. The van der Waals surface area contributed by atoms with E-state index in [-0.39, 0.29) is 5.91 Å². The van der Waals surface area contributed by atoms with Crippen LogP contribution in [0, 0.1) is 0 Å². The second kappa shape index (κ2) is 7.48. The highest BCUT2D eigenvalue weighted by Gasteiger charge is 2.08. The van der Waals surface area contributed by atoms with E-state index in [2.05, 4.69) is 26.3 Å². The maximum atomic E-state index is 12.2. The number of rotatable bonds is 5. The monoisotopic (exact) mass is 387 g/mol. The number of nitrogens with zero attached hydrogens (tertiary/aromatic N) is 2. The van der Waals surface area contributed by atoms with Gasteiger partial charge >= 0.3 is 0 Å². The second-order valence-corrected chi connectivity index (χ2v) is 6.72. The van der Waals surface area contributed by atoms with Gasteiger partial charge in [0.2, 0.25) is 5.91 Å². The molecule has 0 unspecified atom stereocenters. The summed E-state index contributed by atoms with van der Waals surface area (Å²) in [6, 6.07) is 17.4. The second-order valence-electron chi connectivity index (χ2n) is 4.76. The molecule has 2 aromatic carbocycles. The SMILES string of the molecule is O=C(CSc1ccc(Br)cc1)Nc1ccccc1-n1cccn1. The number of carbonyl (C=O) groups is 1. The van der Waals surface area contributed by atoms with Crippen LogP contribution in [0.2, 0.25) is 0 Å². The molecule has 0 saturated heterocycles. The highest BCUT2D eigenvalue weighted by Crippen LogP contribution is 2.22. The van der Waals surface area contributed by atoms with Gasteiger partial charge in [0, 0.05) is 21.8 Å². The van der Waals surface area contributed by atoms with Gasteiger partial charge in [-0.2, -0.15) is 5.10 Å². The van der Waals surface area contributed by atoms with Crippen molar-refractivity contribution in [2.75, 3.05) is 11.1 Å². The Balaban J connectivity index is 1.65. The summed E-state index contributed by atoms with van der Waals surface area (Å²) in [6.07, 6.45) is 3.56. The first-order valence-electron chi connectivity index (χ1n) is 6.99. The van der Waals surface area contributed by atoms with Crippen LogP contribution in [-0.4, -0.2) is 21.4 Å². The predicted molar refractivity (Wildman–Crippen MR) is 97.1 cm³/mol. The molecule has 4 nitrogen and oxygen atoms in total. The summed E-state index contributed by atoms with van der Waals surface area (Å²) in [4.78, 5) is 13.3. The van der Waals surface area contributed by atoms with Gasteiger partial charge in [0.15, 0.2) is 0 Å². The number of para-hydroxylation sites is 2. The van der Waals surface area contributed by atoms with Crippen LogP contribution in [0.5, 0.6) is 0 Å². The number of thioether (sulfide) groups is 1. The van der Waals surface area contributed by atoms with Gasteiger partial charge in [0.05, 0.1) is 17.1 Å². The number of carbonyl (C=O) groups excluding carboxylic acids is 1. The average molecular weight is 388 g/mol. The number of benzene rings is 2. The van der Waals surface area contributed by atoms with Crippen molar-refractivity contribution in [2.45, 2.75) is 4.90 Å². The normalized spacial score (nSPS) is 10.5. The lowest BCUT2D eigenvalue weighted by Crippen LogP contribution is -2.15. The number of halogens is 1. The Morgan fingerprint density at radius 1 is 1.13 bits per heavy atom. The van der Waals surface area contributed by atoms with Crippen LogP contribution in [0.4, 0.5) is 5.69 Å². The van der Waals surface area contributed by atoms with E-state index in [1.54, 1.807) is 10.9 Å². The third-order valence-corrected chi connectivity index (χ3v) is 4.65. The minimum Gasteiger partial charge on any atom is -0.323 e. The largest absolute Gasteiger partial charge is 0.323 e. The van der Waals surface area contributed by atoms with Crippen LogP contribution < -0.4 is 5.32 Å². The molecular formula is C17H14BrN3OS. The fraction of sp³-hybridized carbons (Fsp3) is 0.0588. The van der Waals surface area contributed by atoms with Gasteiger partial charge in [-0.15, -0.1) is 11.8 Å². The summed E-state index contributed by atoms with van der Waals surface area (Å²) in [5, 5.41) is 7.16. The fourth-order valence-corrected chi connectivity index (χ4v) is 3.02. The Bertz CT molecular complexity index is 788. The van der Waals surface area contributed by atoms with Gasteiger partial charge in [0.1, 0.15) is 0 Å². The van der Waals surface area contributed by atoms with Crippen molar-refractivity contribution in [2.24, 2.45) is 0 Å². The van der Waals surface area contributed by atoms with Crippen LogP contribution in [0.1, 0.15) is 0 Å². The first-order chi connectivity index (χ1) is 11.2. The van der Waals surface area contributed by atoms with Crippen molar-refractivity contribution in [1.82, 2.24) is 9.78 Å². The molecule has 1 aromatic heterocycles. The summed E-state index contributed by atoms with van der Waals surface area (Å²) in [7, 11) is 0. The molecule has 0 bridgehead atoms. The van der Waals surface area contributed by atoms with Crippen LogP contribution in [0.25, 0.3) is 5.69 Å². The average Bonchev–Trinajstić information content (AvgIpc) is 3.09. The van der Waals surface area contributed by atoms with E-state index in [4.69, 9.17) is 0 Å². The van der Waals surface area contributed by atoms with E-state index < -0.39 is 0 Å². The lowest BCUT2D eigenvalue weighted by atomic mass is 10.2. The van der Waals surface area contributed by atoms with E-state index in [9.17, 15) is 4.79 Å². The summed E-state index contributed by atoms with van der Waals surface area (Å²) in [5.41, 5.74) is 1.59. The lowest BCUT2D eigenvalue weighted by molar-refractivity contribution is -0.113. The van der Waals surface area contributed by atoms with Gasteiger partial charge in [-0.05, 0) is 42.5 Å². The molecule has 0 radical (unpaired) electrons. The van der Waals surface area contributed by atoms with Crippen molar-refractivity contribution in [1.29, 1.82) is 0 Å². The molecule has 0 aliphatic rings. The van der Waals surface area contributed by atoms with Gasteiger partial charge in [-0.3, -0.25) is 4.79 Å². The molecule has 0 fully saturated rings. The van der Waals surface area contributed by atoms with E-state index in [0.717, 1.165) is 20.7 Å². The highest BCUT2D eigenvalue weighted by molar-refractivity contribution is 9.10. The number of aromatic nitrogens is 2. The highest BCUT2D eigenvalue weighted by atomic mass is 79.9. The molecule has 23 heavy (non-hydrogen) atoms. The third-order valence-electron chi connectivity index (χ3n) is 3.11. The molecule has 0 aliphatic heterocycles. The first-order valence-corrected chi connectivity index (χ1v) is 8.77. The number of nitrogens with one attached hydrogen (secondary N) is 1. The van der Waals surface area contributed by atoms with Crippen molar-refractivity contribution in [3.8, 4) is 5.69 Å². The van der Waals surface area contributed by atoms with Crippen LogP contribution in [-0.2, 0) is 4.79 Å². The molecule has 116 valence electrons. The molecule has 0 spiro atoms. The summed E-state index contributed by atoms with van der Waals surface area (Å²) >= 11 is 4.90. The quantitative estimate of drug-likeness (QED) is 0.661. The lowest BCUT2D eigenvalue weighted by Gasteiger charge is -2.11. The van der Waals surface area contributed by atoms with Crippen molar-refractivity contribution < 1.29 is 4.79 Å². The number of amides is 1. The molecule has 1 N–H and O–H groups in total. The van der Waals surface area contributed by atoms with E-state index in [1.165, 1.54) is 11.8 Å². The standard InChI is InChI=1S/C17H14BrN3OS/c18-13-6-8-14(9-7-13)23-12-17(22)20-15-4-1-2-5-16(15)21-11-3-10-19-21/h1-11H,12H2,(H,20,22). The zero-order valence-corrected chi connectivity index (χ0v) is 14.5. The molecule has 1 heterocycles. The molecule has 6 heteroatoms. The van der Waals surface area contributed by atoms with Crippen LogP contribution in [0.3, 0.4) is 0 Å². The van der Waals surface area contributed by atoms with Gasteiger partial charge in [-0.25, -0.2) is 4.68 Å². The molecule has 0 aliphatic carbocycles. The van der Waals surface area contributed by atoms with Crippen molar-refractivity contribution >= 4 is 39.3 Å². The Hall–Kier alpha value is -2.05. The molecule has 0 atom stereocenters. The predicted octanol–water partition coefficient (Wildman–Crippen LogP) is 4.37. The number of anilines is 1. The Morgan fingerprint density at radius 3 is 2.65 bits per heavy atom. The summed E-state index contributed by atoms with van der Waals surface area (Å²) in [5.74, 6) is 0.312. The molecule has 3 rings (SSSR count). The molecule has 0 saturated carbocycles. The van der Waals surface area contributed by atoms with Gasteiger partial charge in [-0.1, -0.05) is 28.1 Å². The van der Waals surface area contributed by atoms with Crippen LogP contribution in [0.15, 0.2) is 76.4 Å². The summed E-state index contributed by atoms with van der Waals surface area (Å²) < 4.78 is 2.76. The van der Waals surface area contributed by atoms with E-state index in [0.29, 0.717) is 5.75 Å². The van der Waals surface area contributed by atoms with Crippen molar-refractivity contribution in [3.63, 3.8) is 0 Å². The topological polar surface area (TPSA) is 46.9 Å². The molecule has 1 amide bonds. The number of hydrogen-bond acceptors (Lipinski definition) is 3. The maximum Gasteiger partial charge on any atom is 0.234 e. The fourth-order valence-electron chi connectivity index (χ4n) is 2.06. The molecular weight excluding hydrogens is 374 g/mol. The zero-order valence-electron chi connectivity index (χ0n) is 12.1. The van der Waals surface area contributed by atoms with Gasteiger partial charge in [0.25, 0.3) is 0 Å². The third kappa shape index (κ3) is 4.24. The minimum atomic E-state index is -0.0440. The Labute approximate surface area is 147 Å². The first kappa shape index (κ1) is 15.8. The molecule has 3 aromatic rings. The number of hydrogen-bond donors (Lipinski definition) is 1. The Morgan fingerprint density at radius 2 is 1.91 bits per heavy atom. The Kier molecular flexibility index (Phi) is 5.15. The van der Waals surface area contributed by atoms with Gasteiger partial charge < -0.3 is 5.32 Å². The maximum absolute atomic E-state index is 12.2. The van der Waals surface area contributed by atoms with Crippen molar-refractivity contribution in [3.05, 3.63) is 71.5 Å². The zero-order chi connectivity index (χ0) is 16.1. The smallest absolute Gasteiger partial charge is 0.234 e. The minimum absolute atomic E-state index is 0.0440.